The monoisotopic (exact) mass is 410 g/mol. The van der Waals surface area contributed by atoms with E-state index in [9.17, 15) is 17.6 Å². The van der Waals surface area contributed by atoms with Crippen LogP contribution in [0.2, 0.25) is 0 Å². The van der Waals surface area contributed by atoms with Crippen LogP contribution in [-0.2, 0) is 14.8 Å². The van der Waals surface area contributed by atoms with Crippen LogP contribution in [-0.4, -0.2) is 57.9 Å². The maximum absolute atomic E-state index is 13.0. The Balaban J connectivity index is 1.41. The maximum Gasteiger partial charge on any atom is 0.275 e. The average Bonchev–Trinajstić information content (AvgIpc) is 2.69. The third-order valence-corrected chi connectivity index (χ3v) is 7.36. The van der Waals surface area contributed by atoms with Gasteiger partial charge < -0.3 is 10.2 Å². The lowest BCUT2D eigenvalue weighted by Gasteiger charge is -2.31. The van der Waals surface area contributed by atoms with E-state index in [1.54, 1.807) is 0 Å². The second-order valence-corrected chi connectivity index (χ2v) is 9.43. The van der Waals surface area contributed by atoms with Gasteiger partial charge in [0.1, 0.15) is 5.82 Å². The van der Waals surface area contributed by atoms with Gasteiger partial charge in [0.15, 0.2) is 6.54 Å². The molecule has 3 rings (SSSR count). The Morgan fingerprint density at radius 1 is 1.14 bits per heavy atom. The van der Waals surface area contributed by atoms with Gasteiger partial charge in [-0.15, -0.1) is 0 Å². The number of amides is 1. The topological polar surface area (TPSA) is 70.9 Å². The second-order valence-electron chi connectivity index (χ2n) is 7.49. The summed E-state index contributed by atoms with van der Waals surface area (Å²) in [5.41, 5.74) is 1.44. The third-order valence-electron chi connectivity index (χ3n) is 5.44. The van der Waals surface area contributed by atoms with E-state index < -0.39 is 15.8 Å². The van der Waals surface area contributed by atoms with E-state index in [1.165, 1.54) is 34.9 Å². The van der Waals surface area contributed by atoms with Crippen LogP contribution >= 0.6 is 0 Å². The standard InChI is InChI=1S/C20H28FN3O3S/c21-18-6-8-19(9-7-18)28(26,27)24-14-12-23(13-15-24)16-20(25)22-11-10-17-4-2-1-3-5-17/h4,6-9H,1-3,5,10-16H2,(H,22,25)/p+1. The molecule has 1 aromatic rings. The Bertz CT molecular complexity index is 800. The van der Waals surface area contributed by atoms with E-state index >= 15 is 0 Å². The molecule has 1 heterocycles. The summed E-state index contributed by atoms with van der Waals surface area (Å²) >= 11 is 0. The zero-order valence-electron chi connectivity index (χ0n) is 16.1. The largest absolute Gasteiger partial charge is 0.351 e. The highest BCUT2D eigenvalue weighted by molar-refractivity contribution is 7.89. The number of allylic oxidation sites excluding steroid dienone is 1. The van der Waals surface area contributed by atoms with Gasteiger partial charge in [0.25, 0.3) is 5.91 Å². The van der Waals surface area contributed by atoms with E-state index in [4.69, 9.17) is 0 Å². The summed E-state index contributed by atoms with van der Waals surface area (Å²) in [5, 5.41) is 2.98. The number of benzene rings is 1. The minimum Gasteiger partial charge on any atom is -0.351 e. The number of hydrogen-bond donors (Lipinski definition) is 2. The molecule has 8 heteroatoms. The first-order valence-electron chi connectivity index (χ1n) is 9.99. The minimum atomic E-state index is -3.61. The van der Waals surface area contributed by atoms with Crippen molar-refractivity contribution in [2.24, 2.45) is 0 Å². The maximum atomic E-state index is 13.0. The predicted octanol–water partition coefficient (Wildman–Crippen LogP) is 0.722. The molecule has 1 aliphatic carbocycles. The zero-order chi connectivity index (χ0) is 20.0. The van der Waals surface area contributed by atoms with Crippen LogP contribution in [0.4, 0.5) is 4.39 Å². The van der Waals surface area contributed by atoms with Crippen LogP contribution in [0.15, 0.2) is 40.8 Å². The molecule has 1 fully saturated rings. The van der Waals surface area contributed by atoms with Crippen LogP contribution in [0.5, 0.6) is 0 Å². The van der Waals surface area contributed by atoms with E-state index in [1.807, 2.05) is 0 Å². The molecule has 0 aromatic heterocycles. The van der Waals surface area contributed by atoms with Gasteiger partial charge in [-0.05, 0) is 56.4 Å². The summed E-state index contributed by atoms with van der Waals surface area (Å²) < 4.78 is 39.7. The van der Waals surface area contributed by atoms with Gasteiger partial charge in [-0.3, -0.25) is 4.79 Å². The molecule has 1 aromatic carbocycles. The predicted molar refractivity (Wildman–Crippen MR) is 105 cm³/mol. The molecule has 6 nitrogen and oxygen atoms in total. The molecule has 0 saturated carbocycles. The number of hydrogen-bond acceptors (Lipinski definition) is 3. The molecule has 0 atom stereocenters. The summed E-state index contributed by atoms with van der Waals surface area (Å²) in [6.07, 6.45) is 8.02. The molecule has 0 unspecified atom stereocenters. The van der Waals surface area contributed by atoms with Crippen molar-refractivity contribution in [1.82, 2.24) is 9.62 Å². The van der Waals surface area contributed by atoms with Crippen molar-refractivity contribution in [2.45, 2.75) is 37.0 Å². The summed E-state index contributed by atoms with van der Waals surface area (Å²) in [5.74, 6) is -0.444. The Kier molecular flexibility index (Phi) is 7.20. The number of sulfonamides is 1. The number of carbonyl (C=O) groups is 1. The fourth-order valence-electron chi connectivity index (χ4n) is 3.76. The highest BCUT2D eigenvalue weighted by Gasteiger charge is 2.31. The summed E-state index contributed by atoms with van der Waals surface area (Å²) in [4.78, 5) is 13.4. The third kappa shape index (κ3) is 5.62. The van der Waals surface area contributed by atoms with Crippen molar-refractivity contribution < 1.29 is 22.5 Å². The minimum absolute atomic E-state index is 0.0150. The number of carbonyl (C=O) groups excluding carboxylic acids is 1. The summed E-state index contributed by atoms with van der Waals surface area (Å²) in [6.45, 7) is 2.91. The van der Waals surface area contributed by atoms with Gasteiger partial charge in [-0.2, -0.15) is 4.31 Å². The fraction of sp³-hybridized carbons (Fsp3) is 0.550. The zero-order valence-corrected chi connectivity index (χ0v) is 16.9. The van der Waals surface area contributed by atoms with Gasteiger partial charge in [-0.1, -0.05) is 11.6 Å². The average molecular weight is 411 g/mol. The molecule has 0 spiro atoms. The molecule has 28 heavy (non-hydrogen) atoms. The van der Waals surface area contributed by atoms with Crippen LogP contribution in [0.1, 0.15) is 32.1 Å². The lowest BCUT2D eigenvalue weighted by molar-refractivity contribution is -0.895. The quantitative estimate of drug-likeness (QED) is 0.651. The Morgan fingerprint density at radius 3 is 2.50 bits per heavy atom. The number of rotatable bonds is 7. The number of halogens is 1. The normalized spacial score (nSPS) is 19.2. The van der Waals surface area contributed by atoms with Gasteiger partial charge in [0.2, 0.25) is 10.0 Å². The highest BCUT2D eigenvalue weighted by atomic mass is 32.2. The Labute approximate surface area is 166 Å². The lowest BCUT2D eigenvalue weighted by atomic mass is 9.97. The van der Waals surface area contributed by atoms with Crippen molar-refractivity contribution in [3.8, 4) is 0 Å². The molecular formula is C20H29FN3O3S+. The van der Waals surface area contributed by atoms with Crippen LogP contribution < -0.4 is 10.2 Å². The van der Waals surface area contributed by atoms with Crippen molar-refractivity contribution in [3.05, 3.63) is 41.7 Å². The molecule has 154 valence electrons. The van der Waals surface area contributed by atoms with E-state index in [0.29, 0.717) is 39.3 Å². The molecule has 1 saturated heterocycles. The number of piperazine rings is 1. The van der Waals surface area contributed by atoms with Gasteiger partial charge in [0.05, 0.1) is 31.1 Å². The molecule has 2 aliphatic rings. The van der Waals surface area contributed by atoms with Crippen molar-refractivity contribution in [3.63, 3.8) is 0 Å². The number of nitrogens with one attached hydrogen (secondary N) is 2. The summed E-state index contributed by atoms with van der Waals surface area (Å²) in [7, 11) is -3.61. The van der Waals surface area contributed by atoms with Crippen LogP contribution in [0.3, 0.4) is 0 Å². The smallest absolute Gasteiger partial charge is 0.275 e. The number of quaternary nitrogens is 1. The first-order chi connectivity index (χ1) is 13.4. The van der Waals surface area contributed by atoms with Crippen molar-refractivity contribution in [1.29, 1.82) is 0 Å². The Hall–Kier alpha value is -1.77. The Morgan fingerprint density at radius 2 is 1.86 bits per heavy atom. The van der Waals surface area contributed by atoms with Crippen LogP contribution in [0, 0.1) is 5.82 Å². The van der Waals surface area contributed by atoms with Crippen LogP contribution in [0.25, 0.3) is 0 Å². The first-order valence-corrected chi connectivity index (χ1v) is 11.4. The van der Waals surface area contributed by atoms with Crippen molar-refractivity contribution in [2.75, 3.05) is 39.3 Å². The molecular weight excluding hydrogens is 381 g/mol. The first kappa shape index (κ1) is 21.0. The van der Waals surface area contributed by atoms with Crippen molar-refractivity contribution >= 4 is 15.9 Å². The SMILES string of the molecule is O=C(C[NH+]1CCN(S(=O)(=O)c2ccc(F)cc2)CC1)NCCC1=CCCCC1. The molecule has 0 bridgehead atoms. The van der Waals surface area contributed by atoms with E-state index in [0.717, 1.165) is 36.3 Å². The van der Waals surface area contributed by atoms with Gasteiger partial charge in [-0.25, -0.2) is 12.8 Å². The van der Waals surface area contributed by atoms with E-state index in [2.05, 4.69) is 11.4 Å². The molecule has 0 radical (unpaired) electrons. The second kappa shape index (κ2) is 9.62. The molecule has 1 amide bonds. The van der Waals surface area contributed by atoms with Gasteiger partial charge >= 0.3 is 0 Å². The van der Waals surface area contributed by atoms with Gasteiger partial charge in [0, 0.05) is 6.54 Å². The van der Waals surface area contributed by atoms with E-state index in [-0.39, 0.29) is 10.8 Å². The fourth-order valence-corrected chi connectivity index (χ4v) is 5.20. The molecule has 1 aliphatic heterocycles. The highest BCUT2D eigenvalue weighted by Crippen LogP contribution is 2.19. The molecule has 2 N–H and O–H groups in total. The number of nitrogens with zero attached hydrogens (tertiary/aromatic N) is 1. The lowest BCUT2D eigenvalue weighted by Crippen LogP contribution is -3.15. The summed E-state index contributed by atoms with van der Waals surface area (Å²) in [6, 6.07) is 4.89.